The van der Waals surface area contributed by atoms with Gasteiger partial charge in [0.05, 0.1) is 0 Å². The van der Waals surface area contributed by atoms with Crippen LogP contribution in [0.25, 0.3) is 0 Å². The van der Waals surface area contributed by atoms with Crippen LogP contribution in [0, 0.1) is 12.7 Å². The highest BCUT2D eigenvalue weighted by molar-refractivity contribution is 6.30. The van der Waals surface area contributed by atoms with Crippen molar-refractivity contribution in [2.75, 3.05) is 6.54 Å². The Hall–Kier alpha value is -1.38. The van der Waals surface area contributed by atoms with Crippen LogP contribution in [0.15, 0.2) is 42.5 Å². The van der Waals surface area contributed by atoms with Gasteiger partial charge in [-0.25, -0.2) is 4.39 Å². The fourth-order valence-electron chi connectivity index (χ4n) is 2.54. The van der Waals surface area contributed by atoms with E-state index in [1.54, 1.807) is 6.07 Å². The topological polar surface area (TPSA) is 12.0 Å². The molecule has 0 saturated carbocycles. The smallest absolute Gasteiger partial charge is 0.123 e. The van der Waals surface area contributed by atoms with Gasteiger partial charge < -0.3 is 5.32 Å². The molecule has 1 N–H and O–H groups in total. The van der Waals surface area contributed by atoms with Gasteiger partial charge in [-0.2, -0.15) is 0 Å². The number of nitrogens with one attached hydrogen (secondary N) is 1. The van der Waals surface area contributed by atoms with Crippen LogP contribution in [0.4, 0.5) is 4.39 Å². The minimum absolute atomic E-state index is 0.172. The molecule has 0 heterocycles. The molecule has 1 nitrogen and oxygen atoms in total. The van der Waals surface area contributed by atoms with Crippen LogP contribution in [0.1, 0.15) is 36.1 Å². The summed E-state index contributed by atoms with van der Waals surface area (Å²) in [5, 5.41) is 4.32. The standard InChI is InChI=1S/C18H21ClFN/c1-3-18(15-5-4-6-16(19)12-15)21-10-9-14-7-8-17(20)11-13(14)2/h4-8,11-12,18,21H,3,9-10H2,1-2H3. The van der Waals surface area contributed by atoms with Crippen LogP contribution >= 0.6 is 11.6 Å². The molecule has 0 radical (unpaired) electrons. The van der Waals surface area contributed by atoms with Gasteiger partial charge in [-0.3, -0.25) is 0 Å². The molecule has 0 bridgehead atoms. The van der Waals surface area contributed by atoms with Crippen LogP contribution in [-0.4, -0.2) is 6.54 Å². The third-order valence-corrected chi connectivity index (χ3v) is 3.98. The van der Waals surface area contributed by atoms with Gasteiger partial charge in [0, 0.05) is 11.1 Å². The number of hydrogen-bond acceptors (Lipinski definition) is 1. The van der Waals surface area contributed by atoms with Gasteiger partial charge in [0.2, 0.25) is 0 Å². The van der Waals surface area contributed by atoms with E-state index in [2.05, 4.69) is 18.3 Å². The Kier molecular flexibility index (Phi) is 5.77. The Labute approximate surface area is 131 Å². The van der Waals surface area contributed by atoms with Gasteiger partial charge in [0.1, 0.15) is 5.82 Å². The highest BCUT2D eigenvalue weighted by Crippen LogP contribution is 2.20. The zero-order chi connectivity index (χ0) is 15.2. The average Bonchev–Trinajstić information content (AvgIpc) is 2.45. The molecule has 2 rings (SSSR count). The lowest BCUT2D eigenvalue weighted by molar-refractivity contribution is 0.522. The molecule has 2 aromatic rings. The maximum Gasteiger partial charge on any atom is 0.123 e. The lowest BCUT2D eigenvalue weighted by Crippen LogP contribution is -2.23. The van der Waals surface area contributed by atoms with Crippen LogP contribution in [0.3, 0.4) is 0 Å². The maximum absolute atomic E-state index is 13.1. The van der Waals surface area contributed by atoms with E-state index >= 15 is 0 Å². The molecule has 112 valence electrons. The predicted octanol–water partition coefficient (Wildman–Crippen LogP) is 5.07. The first-order valence-electron chi connectivity index (χ1n) is 7.34. The number of aryl methyl sites for hydroxylation is 1. The van der Waals surface area contributed by atoms with Crippen molar-refractivity contribution in [3.63, 3.8) is 0 Å². The summed E-state index contributed by atoms with van der Waals surface area (Å²) < 4.78 is 13.1. The summed E-state index contributed by atoms with van der Waals surface area (Å²) in [7, 11) is 0. The summed E-state index contributed by atoms with van der Waals surface area (Å²) in [5.41, 5.74) is 3.40. The lowest BCUT2D eigenvalue weighted by atomic mass is 10.0. The molecule has 0 saturated heterocycles. The van der Waals surface area contributed by atoms with E-state index in [0.717, 1.165) is 30.0 Å². The van der Waals surface area contributed by atoms with E-state index in [9.17, 15) is 4.39 Å². The highest BCUT2D eigenvalue weighted by Gasteiger charge is 2.09. The monoisotopic (exact) mass is 305 g/mol. The summed E-state index contributed by atoms with van der Waals surface area (Å²) >= 11 is 6.05. The lowest BCUT2D eigenvalue weighted by Gasteiger charge is -2.18. The van der Waals surface area contributed by atoms with Gasteiger partial charge in [-0.05, 0) is 67.3 Å². The fourth-order valence-corrected chi connectivity index (χ4v) is 2.74. The molecule has 0 fully saturated rings. The Morgan fingerprint density at radius 2 is 2.00 bits per heavy atom. The van der Waals surface area contributed by atoms with Crippen molar-refractivity contribution in [1.29, 1.82) is 0 Å². The molecule has 0 aliphatic rings. The Bertz CT molecular complexity index is 598. The molecule has 0 aromatic heterocycles. The van der Waals surface area contributed by atoms with Gasteiger partial charge in [-0.1, -0.05) is 36.7 Å². The summed E-state index contributed by atoms with van der Waals surface area (Å²) in [6.07, 6.45) is 1.89. The van der Waals surface area contributed by atoms with E-state index in [4.69, 9.17) is 11.6 Å². The second-order valence-electron chi connectivity index (χ2n) is 5.29. The van der Waals surface area contributed by atoms with Crippen molar-refractivity contribution in [1.82, 2.24) is 5.32 Å². The molecule has 1 unspecified atom stereocenters. The van der Waals surface area contributed by atoms with Crippen molar-refractivity contribution < 1.29 is 4.39 Å². The van der Waals surface area contributed by atoms with E-state index in [-0.39, 0.29) is 5.82 Å². The molecule has 3 heteroatoms. The summed E-state index contributed by atoms with van der Waals surface area (Å²) in [4.78, 5) is 0. The molecule has 0 amide bonds. The molecule has 21 heavy (non-hydrogen) atoms. The molecular weight excluding hydrogens is 285 g/mol. The van der Waals surface area contributed by atoms with E-state index in [0.29, 0.717) is 6.04 Å². The summed E-state index contributed by atoms with van der Waals surface area (Å²) in [6.45, 7) is 4.96. The highest BCUT2D eigenvalue weighted by atomic mass is 35.5. The second kappa shape index (κ2) is 7.58. The van der Waals surface area contributed by atoms with E-state index < -0.39 is 0 Å². The van der Waals surface area contributed by atoms with Crippen LogP contribution in [0.5, 0.6) is 0 Å². The number of hydrogen-bond donors (Lipinski definition) is 1. The van der Waals surface area contributed by atoms with Crippen molar-refractivity contribution in [3.05, 3.63) is 70.0 Å². The van der Waals surface area contributed by atoms with E-state index in [1.807, 2.05) is 31.2 Å². The van der Waals surface area contributed by atoms with Gasteiger partial charge >= 0.3 is 0 Å². The van der Waals surface area contributed by atoms with Crippen LogP contribution in [-0.2, 0) is 6.42 Å². The third-order valence-electron chi connectivity index (χ3n) is 3.75. The van der Waals surface area contributed by atoms with Crippen LogP contribution in [0.2, 0.25) is 5.02 Å². The third kappa shape index (κ3) is 4.55. The zero-order valence-corrected chi connectivity index (χ0v) is 13.3. The Balaban J connectivity index is 1.94. The summed E-state index contributed by atoms with van der Waals surface area (Å²) in [5.74, 6) is -0.172. The molecule has 2 aromatic carbocycles. The maximum atomic E-state index is 13.1. The minimum atomic E-state index is -0.172. The van der Waals surface area contributed by atoms with Crippen molar-refractivity contribution >= 4 is 11.6 Å². The van der Waals surface area contributed by atoms with E-state index in [1.165, 1.54) is 17.2 Å². The van der Waals surface area contributed by atoms with Crippen molar-refractivity contribution in [2.24, 2.45) is 0 Å². The number of benzene rings is 2. The summed E-state index contributed by atoms with van der Waals surface area (Å²) in [6, 6.07) is 13.2. The number of rotatable bonds is 6. The molecular formula is C18H21ClFN. The first kappa shape index (κ1) is 16.0. The Morgan fingerprint density at radius 3 is 2.67 bits per heavy atom. The van der Waals surface area contributed by atoms with Gasteiger partial charge in [0.15, 0.2) is 0 Å². The number of halogens is 2. The fraction of sp³-hybridized carbons (Fsp3) is 0.333. The average molecular weight is 306 g/mol. The van der Waals surface area contributed by atoms with Gasteiger partial charge in [0.25, 0.3) is 0 Å². The SMILES string of the molecule is CCC(NCCc1ccc(F)cc1C)c1cccc(Cl)c1. The quantitative estimate of drug-likeness (QED) is 0.785. The Morgan fingerprint density at radius 1 is 1.19 bits per heavy atom. The molecule has 0 aliphatic carbocycles. The van der Waals surface area contributed by atoms with Crippen molar-refractivity contribution in [3.8, 4) is 0 Å². The van der Waals surface area contributed by atoms with Gasteiger partial charge in [-0.15, -0.1) is 0 Å². The largest absolute Gasteiger partial charge is 0.310 e. The normalized spacial score (nSPS) is 12.4. The minimum Gasteiger partial charge on any atom is -0.310 e. The first-order chi connectivity index (χ1) is 10.1. The van der Waals surface area contributed by atoms with Crippen LogP contribution < -0.4 is 5.32 Å². The second-order valence-corrected chi connectivity index (χ2v) is 5.73. The van der Waals surface area contributed by atoms with Crippen molar-refractivity contribution in [2.45, 2.75) is 32.7 Å². The molecule has 0 aliphatic heterocycles. The molecule has 1 atom stereocenters. The first-order valence-corrected chi connectivity index (χ1v) is 7.72. The predicted molar refractivity (Wildman–Crippen MR) is 87.3 cm³/mol. The zero-order valence-electron chi connectivity index (χ0n) is 12.5. The molecule has 0 spiro atoms.